The largest absolute Gasteiger partial charge is 0.435 e. The molecule has 1 amide bonds. The van der Waals surface area contributed by atoms with Gasteiger partial charge in [-0.1, -0.05) is 5.57 Å². The molecular weight excluding hydrogens is 326 g/mol. The van der Waals surface area contributed by atoms with E-state index in [2.05, 4.69) is 15.3 Å². The second-order valence-corrected chi connectivity index (χ2v) is 5.19. The zero-order valence-corrected chi connectivity index (χ0v) is 12.8. The first-order chi connectivity index (χ1) is 11.2. The van der Waals surface area contributed by atoms with Gasteiger partial charge in [-0.2, -0.15) is 13.2 Å². The zero-order chi connectivity index (χ0) is 17.9. The Kier molecular flexibility index (Phi) is 4.96. The molecule has 24 heavy (non-hydrogen) atoms. The first kappa shape index (κ1) is 17.6. The summed E-state index contributed by atoms with van der Waals surface area (Å²) in [6.07, 6.45) is -1.48. The molecule has 1 N–H and O–H groups in total. The van der Waals surface area contributed by atoms with E-state index in [0.29, 0.717) is 5.57 Å². The number of aromatic nitrogens is 2. The Balaban J connectivity index is 2.47. The summed E-state index contributed by atoms with van der Waals surface area (Å²) in [7, 11) is 0. The van der Waals surface area contributed by atoms with Crippen LogP contribution in [0.25, 0.3) is 11.3 Å². The van der Waals surface area contributed by atoms with E-state index < -0.39 is 29.3 Å². The van der Waals surface area contributed by atoms with Crippen LogP contribution in [0.3, 0.4) is 0 Å². The van der Waals surface area contributed by atoms with Crippen LogP contribution < -0.4 is 5.32 Å². The van der Waals surface area contributed by atoms with E-state index in [0.717, 1.165) is 18.3 Å². The number of hydrogen-bond acceptors (Lipinski definition) is 3. The molecule has 2 heterocycles. The molecule has 126 valence electrons. The van der Waals surface area contributed by atoms with E-state index in [1.807, 2.05) is 0 Å². The summed E-state index contributed by atoms with van der Waals surface area (Å²) in [5, 5.41) is 2.15. The number of alkyl halides is 3. The van der Waals surface area contributed by atoms with Crippen molar-refractivity contribution in [2.45, 2.75) is 20.0 Å². The number of nitrogens with zero attached hydrogens (tertiary/aromatic N) is 2. The molecule has 2 rings (SSSR count). The van der Waals surface area contributed by atoms with E-state index in [-0.39, 0.29) is 11.3 Å². The lowest BCUT2D eigenvalue weighted by molar-refractivity contribution is -0.140. The summed E-state index contributed by atoms with van der Waals surface area (Å²) >= 11 is 0. The molecule has 4 nitrogen and oxygen atoms in total. The fourth-order valence-corrected chi connectivity index (χ4v) is 1.92. The highest BCUT2D eigenvalue weighted by Gasteiger charge is 2.36. The molecule has 0 aromatic carbocycles. The van der Waals surface area contributed by atoms with Gasteiger partial charge in [0, 0.05) is 17.8 Å². The fourth-order valence-electron chi connectivity index (χ4n) is 1.92. The molecule has 0 fully saturated rings. The van der Waals surface area contributed by atoms with E-state index in [1.165, 1.54) is 18.3 Å². The summed E-state index contributed by atoms with van der Waals surface area (Å²) in [6.45, 7) is 3.28. The number of carbonyl (C=O) groups excluding carboxylic acids is 1. The van der Waals surface area contributed by atoms with Crippen LogP contribution in [0.4, 0.5) is 23.2 Å². The number of amides is 1. The van der Waals surface area contributed by atoms with Gasteiger partial charge in [-0.15, -0.1) is 0 Å². The van der Waals surface area contributed by atoms with E-state index in [1.54, 1.807) is 13.8 Å². The van der Waals surface area contributed by atoms with Crippen LogP contribution in [0.15, 0.2) is 42.2 Å². The molecule has 0 saturated carbocycles. The highest BCUT2D eigenvalue weighted by atomic mass is 19.4. The van der Waals surface area contributed by atoms with Gasteiger partial charge in [0.15, 0.2) is 5.69 Å². The van der Waals surface area contributed by atoms with Gasteiger partial charge in [-0.3, -0.25) is 9.78 Å². The maximum absolute atomic E-state index is 13.2. The van der Waals surface area contributed by atoms with Crippen LogP contribution in [-0.2, 0) is 11.0 Å². The highest BCUT2D eigenvalue weighted by molar-refractivity contribution is 6.00. The normalized spacial score (nSPS) is 11.1. The molecule has 0 spiro atoms. The lowest BCUT2D eigenvalue weighted by Crippen LogP contribution is -2.17. The van der Waals surface area contributed by atoms with Crippen molar-refractivity contribution in [3.63, 3.8) is 0 Å². The minimum Gasteiger partial charge on any atom is -0.321 e. The number of pyridine rings is 2. The molecule has 0 aliphatic rings. The number of anilines is 1. The second-order valence-electron chi connectivity index (χ2n) is 5.19. The van der Waals surface area contributed by atoms with Gasteiger partial charge in [0.1, 0.15) is 5.82 Å². The van der Waals surface area contributed by atoms with Crippen LogP contribution in [0, 0.1) is 5.82 Å². The topological polar surface area (TPSA) is 54.9 Å². The standard InChI is InChI=1S/C16H13F4N3O/c1-9(2)5-14(24)22-13-4-3-12(23-15(13)16(18,19)20)10-6-11(17)8-21-7-10/h3-8H,1-2H3,(H,22,24). The Bertz CT molecular complexity index is 796. The highest BCUT2D eigenvalue weighted by Crippen LogP contribution is 2.35. The van der Waals surface area contributed by atoms with E-state index in [4.69, 9.17) is 0 Å². The van der Waals surface area contributed by atoms with Gasteiger partial charge in [0.05, 0.1) is 17.6 Å². The number of allylic oxidation sites excluding steroid dienone is 1. The summed E-state index contributed by atoms with van der Waals surface area (Å²) in [5.41, 5.74) is -1.11. The van der Waals surface area contributed by atoms with Gasteiger partial charge in [-0.05, 0) is 32.0 Å². The summed E-state index contributed by atoms with van der Waals surface area (Å²) in [5.74, 6) is -1.38. The van der Waals surface area contributed by atoms with Crippen molar-refractivity contribution in [2.24, 2.45) is 0 Å². The molecular formula is C16H13F4N3O. The third kappa shape index (κ3) is 4.37. The Labute approximate surface area is 135 Å². The van der Waals surface area contributed by atoms with Crippen LogP contribution in [0.5, 0.6) is 0 Å². The number of halogens is 4. The van der Waals surface area contributed by atoms with Crippen molar-refractivity contribution in [3.8, 4) is 11.3 Å². The van der Waals surface area contributed by atoms with Crippen molar-refractivity contribution in [1.82, 2.24) is 9.97 Å². The maximum Gasteiger partial charge on any atom is 0.435 e. The molecule has 0 radical (unpaired) electrons. The molecule has 8 heteroatoms. The summed E-state index contributed by atoms with van der Waals surface area (Å²) in [4.78, 5) is 18.8. The van der Waals surface area contributed by atoms with E-state index >= 15 is 0 Å². The molecule has 0 aliphatic heterocycles. The van der Waals surface area contributed by atoms with Gasteiger partial charge in [0.25, 0.3) is 0 Å². The Morgan fingerprint density at radius 1 is 1.21 bits per heavy atom. The molecule has 0 saturated heterocycles. The smallest absolute Gasteiger partial charge is 0.321 e. The third-order valence-corrected chi connectivity index (χ3v) is 2.84. The predicted octanol–water partition coefficient (Wildman–Crippen LogP) is 4.21. The predicted molar refractivity (Wildman–Crippen MR) is 80.5 cm³/mol. The Morgan fingerprint density at radius 3 is 2.50 bits per heavy atom. The van der Waals surface area contributed by atoms with Crippen molar-refractivity contribution >= 4 is 11.6 Å². The average Bonchev–Trinajstić information content (AvgIpc) is 2.45. The molecule has 0 aliphatic carbocycles. The molecule has 2 aromatic heterocycles. The lowest BCUT2D eigenvalue weighted by atomic mass is 10.1. The van der Waals surface area contributed by atoms with Crippen LogP contribution in [0.2, 0.25) is 0 Å². The molecule has 0 bridgehead atoms. The SMILES string of the molecule is CC(C)=CC(=O)Nc1ccc(-c2cncc(F)c2)nc1C(F)(F)F. The quantitative estimate of drug-likeness (QED) is 0.673. The van der Waals surface area contributed by atoms with Crippen LogP contribution >= 0.6 is 0 Å². The van der Waals surface area contributed by atoms with Gasteiger partial charge < -0.3 is 5.32 Å². The van der Waals surface area contributed by atoms with Crippen LogP contribution in [-0.4, -0.2) is 15.9 Å². The summed E-state index contributed by atoms with van der Waals surface area (Å²) in [6, 6.07) is 3.35. The zero-order valence-electron chi connectivity index (χ0n) is 12.8. The number of nitrogens with one attached hydrogen (secondary N) is 1. The van der Waals surface area contributed by atoms with Crippen LogP contribution in [0.1, 0.15) is 19.5 Å². The minimum absolute atomic E-state index is 0.0997. The summed E-state index contributed by atoms with van der Waals surface area (Å²) < 4.78 is 52.8. The average molecular weight is 339 g/mol. The molecule has 0 unspecified atom stereocenters. The third-order valence-electron chi connectivity index (χ3n) is 2.84. The monoisotopic (exact) mass is 339 g/mol. The first-order valence-electron chi connectivity index (χ1n) is 6.82. The van der Waals surface area contributed by atoms with Crippen molar-refractivity contribution in [2.75, 3.05) is 5.32 Å². The van der Waals surface area contributed by atoms with Gasteiger partial charge >= 0.3 is 6.18 Å². The molecule has 0 atom stereocenters. The van der Waals surface area contributed by atoms with Gasteiger partial charge in [-0.25, -0.2) is 9.37 Å². The number of hydrogen-bond donors (Lipinski definition) is 1. The Morgan fingerprint density at radius 2 is 1.92 bits per heavy atom. The number of rotatable bonds is 3. The fraction of sp³-hybridized carbons (Fsp3) is 0.188. The second kappa shape index (κ2) is 6.77. The first-order valence-corrected chi connectivity index (χ1v) is 6.82. The Hall–Kier alpha value is -2.77. The lowest BCUT2D eigenvalue weighted by Gasteiger charge is -2.14. The molecule has 2 aromatic rings. The minimum atomic E-state index is -4.79. The van der Waals surface area contributed by atoms with Crippen molar-refractivity contribution < 1.29 is 22.4 Å². The van der Waals surface area contributed by atoms with Crippen molar-refractivity contribution in [3.05, 3.63) is 53.8 Å². The van der Waals surface area contributed by atoms with Crippen molar-refractivity contribution in [1.29, 1.82) is 0 Å². The van der Waals surface area contributed by atoms with E-state index in [9.17, 15) is 22.4 Å². The number of carbonyl (C=O) groups is 1. The van der Waals surface area contributed by atoms with Gasteiger partial charge in [0.2, 0.25) is 5.91 Å². The maximum atomic E-state index is 13.2.